The number of ketones is 1. The lowest BCUT2D eigenvalue weighted by Crippen LogP contribution is -2.52. The minimum Gasteiger partial charge on any atom is -0.489 e. The number of hydrogen-bond acceptors (Lipinski definition) is 5. The maximum absolute atomic E-state index is 12.5. The fraction of sp³-hybridized carbons (Fsp3) is 0.125. The molecule has 0 fully saturated rings. The normalized spacial score (nSPS) is 20.0. The Morgan fingerprint density at radius 2 is 1.81 bits per heavy atom. The molecule has 104 valence electrons. The van der Waals surface area contributed by atoms with Gasteiger partial charge in [-0.25, -0.2) is 5.06 Å². The van der Waals surface area contributed by atoms with Gasteiger partial charge in [-0.1, -0.05) is 30.3 Å². The monoisotopic (exact) mass is 280 g/mol. The van der Waals surface area contributed by atoms with Gasteiger partial charge in [-0.3, -0.25) is 10.0 Å². The average molecular weight is 280 g/mol. The number of nitriles is 1. The molecular weight excluding hydrogens is 268 g/mol. The van der Waals surface area contributed by atoms with E-state index in [-0.39, 0.29) is 6.61 Å². The van der Waals surface area contributed by atoms with E-state index < -0.39 is 11.3 Å². The molecule has 1 atom stereocenters. The summed E-state index contributed by atoms with van der Waals surface area (Å²) in [4.78, 5) is 12.5. The molecule has 21 heavy (non-hydrogen) atoms. The highest BCUT2D eigenvalue weighted by Crippen LogP contribution is 2.37. The van der Waals surface area contributed by atoms with Crippen LogP contribution in [0.25, 0.3) is 0 Å². The molecule has 1 heterocycles. The average Bonchev–Trinajstić information content (AvgIpc) is 2.76. The molecule has 3 rings (SSSR count). The summed E-state index contributed by atoms with van der Waals surface area (Å²) in [6, 6.07) is 17.3. The second-order valence-corrected chi connectivity index (χ2v) is 4.73. The van der Waals surface area contributed by atoms with Gasteiger partial charge in [0.2, 0.25) is 11.3 Å². The van der Waals surface area contributed by atoms with Gasteiger partial charge in [0.25, 0.3) is 0 Å². The number of hydroxylamine groups is 1. The highest BCUT2D eigenvalue weighted by Gasteiger charge is 2.53. The first-order chi connectivity index (χ1) is 10.2. The summed E-state index contributed by atoms with van der Waals surface area (Å²) in [6.07, 6.45) is 0. The molecule has 0 aromatic heterocycles. The van der Waals surface area contributed by atoms with E-state index in [1.165, 1.54) is 0 Å². The van der Waals surface area contributed by atoms with Crippen LogP contribution in [-0.2, 0) is 0 Å². The highest BCUT2D eigenvalue weighted by atomic mass is 16.5. The van der Waals surface area contributed by atoms with Crippen molar-refractivity contribution in [3.63, 3.8) is 0 Å². The first kappa shape index (κ1) is 13.2. The number of carbonyl (C=O) groups excluding carboxylic acids is 1. The Kier molecular flexibility index (Phi) is 3.09. The zero-order valence-corrected chi connectivity index (χ0v) is 11.1. The molecule has 0 aliphatic carbocycles. The van der Waals surface area contributed by atoms with E-state index in [0.29, 0.717) is 22.1 Å². The van der Waals surface area contributed by atoms with Crippen molar-refractivity contribution in [2.75, 3.05) is 11.7 Å². The smallest absolute Gasteiger partial charge is 0.248 e. The number of para-hydroxylation sites is 2. The van der Waals surface area contributed by atoms with E-state index in [0.717, 1.165) is 0 Å². The fourth-order valence-electron chi connectivity index (χ4n) is 2.34. The molecule has 2 aromatic carbocycles. The predicted molar refractivity (Wildman–Crippen MR) is 75.3 cm³/mol. The van der Waals surface area contributed by atoms with Gasteiger partial charge in [0.1, 0.15) is 18.4 Å². The maximum atomic E-state index is 12.5. The Hall–Kier alpha value is -2.84. The summed E-state index contributed by atoms with van der Waals surface area (Å²) in [5, 5.41) is 20.4. The maximum Gasteiger partial charge on any atom is 0.248 e. The lowest BCUT2D eigenvalue weighted by Gasteiger charge is -2.27. The molecule has 1 aliphatic rings. The van der Waals surface area contributed by atoms with E-state index in [1.807, 2.05) is 12.1 Å². The summed E-state index contributed by atoms with van der Waals surface area (Å²) < 4.78 is 5.51. The molecule has 0 saturated carbocycles. The molecule has 0 radical (unpaired) electrons. The van der Waals surface area contributed by atoms with Crippen LogP contribution in [0.1, 0.15) is 10.4 Å². The third-order valence-corrected chi connectivity index (χ3v) is 3.49. The largest absolute Gasteiger partial charge is 0.489 e. The number of rotatable bonds is 3. The zero-order valence-electron chi connectivity index (χ0n) is 11.1. The molecule has 2 aromatic rings. The van der Waals surface area contributed by atoms with E-state index in [2.05, 4.69) is 0 Å². The van der Waals surface area contributed by atoms with Crippen molar-refractivity contribution >= 4 is 11.5 Å². The first-order valence-corrected chi connectivity index (χ1v) is 6.41. The highest BCUT2D eigenvalue weighted by molar-refractivity contribution is 6.15. The number of hydrogen-bond donors (Lipinski definition) is 1. The Morgan fingerprint density at radius 1 is 1.14 bits per heavy atom. The van der Waals surface area contributed by atoms with Gasteiger partial charge in [0.05, 0.1) is 5.69 Å². The Bertz CT molecular complexity index is 724. The molecule has 1 aliphatic heterocycles. The predicted octanol–water partition coefficient (Wildman–Crippen LogP) is 2.42. The summed E-state index contributed by atoms with van der Waals surface area (Å²) >= 11 is 0. The number of Topliss-reactive ketones (excluding diaryl/α,β-unsaturated/α-hetero) is 1. The number of fused-ring (bicyclic) bond motifs is 1. The van der Waals surface area contributed by atoms with Crippen molar-refractivity contribution in [1.29, 1.82) is 5.26 Å². The number of carbonyl (C=O) groups is 1. The summed E-state index contributed by atoms with van der Waals surface area (Å²) in [7, 11) is 0. The standard InChI is InChI=1S/C16H12N2O3/c17-10-16(11-21-12-6-2-1-3-7-12)15(19)13-8-4-5-9-14(13)18(16)20/h1-9,20H,11H2. The van der Waals surface area contributed by atoms with Crippen LogP contribution in [0, 0.1) is 11.3 Å². The third kappa shape index (κ3) is 1.93. The summed E-state index contributed by atoms with van der Waals surface area (Å²) in [6.45, 7) is -0.252. The van der Waals surface area contributed by atoms with Crippen molar-refractivity contribution in [1.82, 2.24) is 0 Å². The van der Waals surface area contributed by atoms with Gasteiger partial charge >= 0.3 is 0 Å². The number of anilines is 1. The molecule has 0 bridgehead atoms. The number of nitrogens with zero attached hydrogens (tertiary/aromatic N) is 2. The zero-order chi connectivity index (χ0) is 14.9. The van der Waals surface area contributed by atoms with Crippen molar-refractivity contribution in [2.24, 2.45) is 0 Å². The third-order valence-electron chi connectivity index (χ3n) is 3.49. The molecule has 0 amide bonds. The molecule has 5 heteroatoms. The molecular formula is C16H12N2O3. The van der Waals surface area contributed by atoms with E-state index in [1.54, 1.807) is 48.5 Å². The topological polar surface area (TPSA) is 73.6 Å². The van der Waals surface area contributed by atoms with Gasteiger partial charge in [0.15, 0.2) is 0 Å². The SMILES string of the molecule is N#CC1(COc2ccccc2)C(=O)c2ccccc2N1O. The molecule has 0 spiro atoms. The summed E-state index contributed by atoms with van der Waals surface area (Å²) in [5.41, 5.74) is -1.11. The fourth-order valence-corrected chi connectivity index (χ4v) is 2.34. The Balaban J connectivity index is 1.92. The van der Waals surface area contributed by atoms with Crippen LogP contribution in [0.2, 0.25) is 0 Å². The van der Waals surface area contributed by atoms with Crippen LogP contribution >= 0.6 is 0 Å². The van der Waals surface area contributed by atoms with Crippen LogP contribution in [-0.4, -0.2) is 23.1 Å². The lowest BCUT2D eigenvalue weighted by atomic mass is 9.96. The van der Waals surface area contributed by atoms with Crippen LogP contribution < -0.4 is 9.80 Å². The van der Waals surface area contributed by atoms with E-state index in [9.17, 15) is 15.3 Å². The van der Waals surface area contributed by atoms with Crippen LogP contribution in [0.3, 0.4) is 0 Å². The van der Waals surface area contributed by atoms with Crippen molar-refractivity contribution in [3.05, 3.63) is 60.2 Å². The Morgan fingerprint density at radius 3 is 2.48 bits per heavy atom. The molecule has 0 saturated heterocycles. The molecule has 5 nitrogen and oxygen atoms in total. The minimum atomic E-state index is -1.75. The van der Waals surface area contributed by atoms with Gasteiger partial charge < -0.3 is 4.74 Å². The quantitative estimate of drug-likeness (QED) is 0.934. The number of ether oxygens (including phenoxy) is 1. The summed E-state index contributed by atoms with van der Waals surface area (Å²) in [5.74, 6) is 0.0725. The van der Waals surface area contributed by atoms with Crippen molar-refractivity contribution in [2.45, 2.75) is 5.54 Å². The van der Waals surface area contributed by atoms with Crippen molar-refractivity contribution < 1.29 is 14.7 Å². The van der Waals surface area contributed by atoms with Crippen LogP contribution in [0.4, 0.5) is 5.69 Å². The second kappa shape index (κ2) is 4.93. The van der Waals surface area contributed by atoms with Gasteiger partial charge in [-0.05, 0) is 24.3 Å². The van der Waals surface area contributed by atoms with Gasteiger partial charge in [-0.2, -0.15) is 5.26 Å². The van der Waals surface area contributed by atoms with E-state index in [4.69, 9.17) is 4.74 Å². The van der Waals surface area contributed by atoms with Crippen molar-refractivity contribution in [3.8, 4) is 11.8 Å². The van der Waals surface area contributed by atoms with Gasteiger partial charge in [0, 0.05) is 5.56 Å². The van der Waals surface area contributed by atoms with Crippen LogP contribution in [0.15, 0.2) is 54.6 Å². The van der Waals surface area contributed by atoms with Crippen LogP contribution in [0.5, 0.6) is 5.75 Å². The van der Waals surface area contributed by atoms with E-state index >= 15 is 0 Å². The Labute approximate surface area is 121 Å². The minimum absolute atomic E-state index is 0.252. The molecule has 1 unspecified atom stereocenters. The second-order valence-electron chi connectivity index (χ2n) is 4.73. The molecule has 1 N–H and O–H groups in total. The van der Waals surface area contributed by atoms with Gasteiger partial charge in [-0.15, -0.1) is 0 Å². The first-order valence-electron chi connectivity index (χ1n) is 6.41. The lowest BCUT2D eigenvalue weighted by molar-refractivity contribution is 0.0785. The number of benzene rings is 2.